The normalized spacial score (nSPS) is 11.8. The van der Waals surface area contributed by atoms with Crippen molar-refractivity contribution in [3.8, 4) is 11.5 Å². The van der Waals surface area contributed by atoms with Gasteiger partial charge in [0.15, 0.2) is 4.80 Å². The largest absolute Gasteiger partial charge is 0.496 e. The number of nitrogens with zero attached hydrogens (tertiary/aromatic N) is 2. The van der Waals surface area contributed by atoms with E-state index in [-0.39, 0.29) is 0 Å². The van der Waals surface area contributed by atoms with E-state index in [0.717, 1.165) is 10.2 Å². The highest BCUT2D eigenvalue weighted by Gasteiger charge is 2.18. The lowest BCUT2D eigenvalue weighted by Gasteiger charge is -2.09. The van der Waals surface area contributed by atoms with Crippen LogP contribution in [0.15, 0.2) is 41.4 Å². The lowest BCUT2D eigenvalue weighted by molar-refractivity contribution is 0.0992. The van der Waals surface area contributed by atoms with Crippen LogP contribution in [0.2, 0.25) is 5.02 Å². The third kappa shape index (κ3) is 3.15. The molecule has 0 N–H and O–H groups in total. The zero-order valence-electron chi connectivity index (χ0n) is 14.1. The Morgan fingerprint density at radius 2 is 1.80 bits per heavy atom. The van der Waals surface area contributed by atoms with Crippen molar-refractivity contribution < 1.29 is 14.3 Å². The number of rotatable bonds is 4. The first-order chi connectivity index (χ1) is 12.1. The number of benzene rings is 2. The third-order valence-corrected chi connectivity index (χ3v) is 5.16. The van der Waals surface area contributed by atoms with Crippen LogP contribution in [0.4, 0.5) is 0 Å². The van der Waals surface area contributed by atoms with Gasteiger partial charge in [0.05, 0.1) is 29.5 Å². The summed E-state index contributed by atoms with van der Waals surface area (Å²) in [4.78, 5) is 17.7. The van der Waals surface area contributed by atoms with E-state index in [1.54, 1.807) is 18.2 Å². The number of aromatic nitrogens is 1. The number of fused-ring (bicyclic) bond motifs is 1. The molecule has 0 bridgehead atoms. The molecule has 3 aromatic rings. The van der Waals surface area contributed by atoms with Crippen molar-refractivity contribution in [3.63, 3.8) is 0 Å². The average molecular weight is 377 g/mol. The minimum atomic E-state index is -0.417. The second-order valence-electron chi connectivity index (χ2n) is 5.17. The van der Waals surface area contributed by atoms with Crippen LogP contribution in [0.1, 0.15) is 17.3 Å². The summed E-state index contributed by atoms with van der Waals surface area (Å²) in [6, 6.07) is 10.9. The Balaban J connectivity index is 2.21. The zero-order chi connectivity index (χ0) is 18.0. The van der Waals surface area contributed by atoms with Crippen LogP contribution < -0.4 is 14.3 Å². The fourth-order valence-electron chi connectivity index (χ4n) is 2.67. The van der Waals surface area contributed by atoms with Crippen molar-refractivity contribution in [2.24, 2.45) is 4.99 Å². The fraction of sp³-hybridized carbons (Fsp3) is 0.222. The number of halogens is 1. The Labute approximate surface area is 154 Å². The monoisotopic (exact) mass is 376 g/mol. The van der Waals surface area contributed by atoms with Crippen molar-refractivity contribution in [1.29, 1.82) is 0 Å². The topological polar surface area (TPSA) is 52.8 Å². The van der Waals surface area contributed by atoms with Crippen molar-refractivity contribution in [1.82, 2.24) is 4.57 Å². The van der Waals surface area contributed by atoms with Gasteiger partial charge in [0.2, 0.25) is 0 Å². The van der Waals surface area contributed by atoms with Gasteiger partial charge in [-0.3, -0.25) is 4.79 Å². The Morgan fingerprint density at radius 1 is 1.16 bits per heavy atom. The molecule has 0 atom stereocenters. The summed E-state index contributed by atoms with van der Waals surface area (Å²) in [5.41, 5.74) is 1.19. The number of carbonyl (C=O) groups is 1. The van der Waals surface area contributed by atoms with Crippen LogP contribution in [0.3, 0.4) is 0 Å². The van der Waals surface area contributed by atoms with Gasteiger partial charge in [0.25, 0.3) is 5.91 Å². The van der Waals surface area contributed by atoms with Crippen molar-refractivity contribution in [2.75, 3.05) is 14.2 Å². The molecular formula is C18H17ClN2O3S. The molecule has 0 saturated carbocycles. The number of carbonyl (C=O) groups excluding carboxylic acids is 1. The highest BCUT2D eigenvalue weighted by atomic mass is 35.5. The number of hydrogen-bond donors (Lipinski definition) is 0. The maximum atomic E-state index is 12.8. The Kier molecular flexibility index (Phi) is 5.11. The molecule has 0 unspecified atom stereocenters. The summed E-state index contributed by atoms with van der Waals surface area (Å²) in [6.45, 7) is 2.64. The molecule has 25 heavy (non-hydrogen) atoms. The predicted octanol–water partition coefficient (Wildman–Crippen LogP) is 4.13. The molecule has 130 valence electrons. The predicted molar refractivity (Wildman–Crippen MR) is 99.9 cm³/mol. The number of aryl methyl sites for hydroxylation is 1. The summed E-state index contributed by atoms with van der Waals surface area (Å²) < 4.78 is 13.5. The highest BCUT2D eigenvalue weighted by molar-refractivity contribution is 7.16. The van der Waals surface area contributed by atoms with Gasteiger partial charge < -0.3 is 14.0 Å². The van der Waals surface area contributed by atoms with Crippen LogP contribution in [0.5, 0.6) is 11.5 Å². The number of hydrogen-bond acceptors (Lipinski definition) is 4. The second-order valence-corrected chi connectivity index (χ2v) is 6.59. The Bertz CT molecular complexity index is 985. The quantitative estimate of drug-likeness (QED) is 0.687. The standard InChI is InChI=1S/C18H17ClN2O3S/c1-4-21-16-11(19)7-5-10-14(16)25-18(21)20-17(22)15-12(23-2)8-6-9-13(15)24-3/h5-10H,4H2,1-3H3. The first-order valence-corrected chi connectivity index (χ1v) is 8.88. The molecule has 0 aliphatic rings. The first-order valence-electron chi connectivity index (χ1n) is 7.68. The van der Waals surface area contributed by atoms with Gasteiger partial charge in [0, 0.05) is 6.54 Å². The van der Waals surface area contributed by atoms with Crippen molar-refractivity contribution >= 4 is 39.1 Å². The Hall–Kier alpha value is -2.31. The van der Waals surface area contributed by atoms with Crippen LogP contribution in [0, 0.1) is 0 Å². The summed E-state index contributed by atoms with van der Waals surface area (Å²) in [7, 11) is 3.02. The van der Waals surface area contributed by atoms with Crippen LogP contribution in [0.25, 0.3) is 10.2 Å². The van der Waals surface area contributed by atoms with Gasteiger partial charge in [-0.25, -0.2) is 0 Å². The third-order valence-electron chi connectivity index (χ3n) is 3.81. The lowest BCUT2D eigenvalue weighted by atomic mass is 10.1. The summed E-state index contributed by atoms with van der Waals surface area (Å²) in [6.07, 6.45) is 0. The van der Waals surface area contributed by atoms with E-state index in [2.05, 4.69) is 4.99 Å². The number of ether oxygens (including phenoxy) is 2. The maximum absolute atomic E-state index is 12.8. The molecule has 0 spiro atoms. The molecule has 0 saturated heterocycles. The molecule has 3 rings (SSSR count). The molecule has 0 fully saturated rings. The SMILES string of the molecule is CCn1c(=NC(=O)c2c(OC)cccc2OC)sc2cccc(Cl)c21. The summed E-state index contributed by atoms with van der Waals surface area (Å²) in [5, 5.41) is 0.638. The maximum Gasteiger partial charge on any atom is 0.287 e. The molecule has 7 heteroatoms. The molecule has 2 aromatic carbocycles. The molecule has 1 amide bonds. The van der Waals surface area contributed by atoms with Crippen LogP contribution >= 0.6 is 22.9 Å². The van der Waals surface area contributed by atoms with E-state index >= 15 is 0 Å². The molecule has 0 aliphatic carbocycles. The molecule has 5 nitrogen and oxygen atoms in total. The fourth-order valence-corrected chi connectivity index (χ4v) is 4.12. The summed E-state index contributed by atoms with van der Waals surface area (Å²) in [5.74, 6) is 0.435. The van der Waals surface area contributed by atoms with Gasteiger partial charge >= 0.3 is 0 Å². The van der Waals surface area contributed by atoms with Gasteiger partial charge in [-0.15, -0.1) is 0 Å². The zero-order valence-corrected chi connectivity index (χ0v) is 15.6. The van der Waals surface area contributed by atoms with Crippen molar-refractivity contribution in [3.05, 3.63) is 51.8 Å². The number of para-hydroxylation sites is 1. The van der Waals surface area contributed by atoms with E-state index in [1.807, 2.05) is 29.7 Å². The first kappa shape index (κ1) is 17.5. The van der Waals surface area contributed by atoms with Crippen LogP contribution in [-0.2, 0) is 6.54 Å². The average Bonchev–Trinajstić information content (AvgIpc) is 2.99. The van der Waals surface area contributed by atoms with Gasteiger partial charge in [-0.1, -0.05) is 35.1 Å². The smallest absolute Gasteiger partial charge is 0.287 e. The van der Waals surface area contributed by atoms with E-state index in [1.165, 1.54) is 25.6 Å². The lowest BCUT2D eigenvalue weighted by Crippen LogP contribution is -2.16. The minimum absolute atomic E-state index is 0.304. The van der Waals surface area contributed by atoms with Gasteiger partial charge in [-0.2, -0.15) is 4.99 Å². The minimum Gasteiger partial charge on any atom is -0.496 e. The van der Waals surface area contributed by atoms with E-state index in [9.17, 15) is 4.79 Å². The molecular weight excluding hydrogens is 360 g/mol. The molecule has 1 aromatic heterocycles. The number of thiazole rings is 1. The molecule has 0 radical (unpaired) electrons. The van der Waals surface area contributed by atoms with Gasteiger partial charge in [-0.05, 0) is 31.2 Å². The second kappa shape index (κ2) is 7.29. The Morgan fingerprint density at radius 3 is 2.40 bits per heavy atom. The van der Waals surface area contributed by atoms with E-state index in [4.69, 9.17) is 21.1 Å². The molecule has 1 heterocycles. The van der Waals surface area contributed by atoms with E-state index < -0.39 is 5.91 Å². The number of amides is 1. The number of methoxy groups -OCH3 is 2. The van der Waals surface area contributed by atoms with Crippen LogP contribution in [-0.4, -0.2) is 24.7 Å². The summed E-state index contributed by atoms with van der Waals surface area (Å²) >= 11 is 7.74. The van der Waals surface area contributed by atoms with Gasteiger partial charge in [0.1, 0.15) is 17.1 Å². The highest BCUT2D eigenvalue weighted by Crippen LogP contribution is 2.29. The molecule has 0 aliphatic heterocycles. The van der Waals surface area contributed by atoms with E-state index in [0.29, 0.717) is 33.4 Å². The van der Waals surface area contributed by atoms with Crippen molar-refractivity contribution in [2.45, 2.75) is 13.5 Å².